The van der Waals surface area contributed by atoms with Crippen molar-refractivity contribution in [1.82, 2.24) is 18.7 Å². The Morgan fingerprint density at radius 1 is 1.27 bits per heavy atom. The third-order valence-electron chi connectivity index (χ3n) is 4.69. The van der Waals surface area contributed by atoms with Gasteiger partial charge in [0.25, 0.3) is 0 Å². The molecule has 3 rings (SSSR count). The van der Waals surface area contributed by atoms with Crippen LogP contribution in [0.25, 0.3) is 6.08 Å². The number of aryl methyl sites for hydroxylation is 1. The lowest BCUT2D eigenvalue weighted by molar-refractivity contribution is 0.307. The lowest BCUT2D eigenvalue weighted by Crippen LogP contribution is -2.39. The summed E-state index contributed by atoms with van der Waals surface area (Å²) in [7, 11) is -1.89. The quantitative estimate of drug-likeness (QED) is 0.797. The first-order chi connectivity index (χ1) is 12.4. The Morgan fingerprint density at radius 3 is 2.69 bits per heavy atom. The normalized spacial score (nSPS) is 19.2. The van der Waals surface area contributed by atoms with Crippen LogP contribution in [0.2, 0.25) is 0 Å². The molecule has 1 atom stereocenters. The molecule has 2 heterocycles. The molecule has 1 aliphatic heterocycles. The van der Waals surface area contributed by atoms with Crippen LogP contribution < -0.4 is 5.69 Å². The number of rotatable bonds is 5. The standard InChI is InChI=1S/C18H24N4O3S/c1-3-22-17(19-20(2)18(22)23)16-10-7-12-21(14-16)26(24,25)13-11-15-8-5-4-6-9-15/h4-6,8-9,11,13,16H,3,7,10,12,14H2,1-2H3/b13-11+/t16-/m0/s1. The molecule has 1 aromatic heterocycles. The monoisotopic (exact) mass is 376 g/mol. The van der Waals surface area contributed by atoms with Gasteiger partial charge in [-0.05, 0) is 31.4 Å². The van der Waals surface area contributed by atoms with E-state index in [0.29, 0.717) is 25.5 Å². The lowest BCUT2D eigenvalue weighted by atomic mass is 9.99. The maximum Gasteiger partial charge on any atom is 0.345 e. The summed E-state index contributed by atoms with van der Waals surface area (Å²) in [5, 5.41) is 5.60. The summed E-state index contributed by atoms with van der Waals surface area (Å²) in [6.45, 7) is 3.25. The molecule has 1 saturated heterocycles. The average Bonchev–Trinajstić information content (AvgIpc) is 2.95. The van der Waals surface area contributed by atoms with E-state index >= 15 is 0 Å². The predicted molar refractivity (Wildman–Crippen MR) is 101 cm³/mol. The molecule has 0 spiro atoms. The smallest absolute Gasteiger partial charge is 0.279 e. The van der Waals surface area contributed by atoms with Crippen LogP contribution >= 0.6 is 0 Å². The van der Waals surface area contributed by atoms with Crippen molar-refractivity contribution in [2.24, 2.45) is 7.05 Å². The molecule has 0 saturated carbocycles. The topological polar surface area (TPSA) is 77.2 Å². The molecule has 0 N–H and O–H groups in total. The van der Waals surface area contributed by atoms with E-state index in [-0.39, 0.29) is 11.6 Å². The van der Waals surface area contributed by atoms with Crippen LogP contribution in [0.5, 0.6) is 0 Å². The number of nitrogens with zero attached hydrogens (tertiary/aromatic N) is 4. The van der Waals surface area contributed by atoms with Crippen molar-refractivity contribution in [3.63, 3.8) is 0 Å². The van der Waals surface area contributed by atoms with E-state index in [2.05, 4.69) is 5.10 Å². The van der Waals surface area contributed by atoms with Gasteiger partial charge < -0.3 is 0 Å². The van der Waals surface area contributed by atoms with Gasteiger partial charge in [0.1, 0.15) is 5.82 Å². The minimum absolute atomic E-state index is 0.0718. The fourth-order valence-corrected chi connectivity index (χ4v) is 4.59. The minimum Gasteiger partial charge on any atom is -0.279 e. The first-order valence-corrected chi connectivity index (χ1v) is 10.3. The summed E-state index contributed by atoms with van der Waals surface area (Å²) in [6.07, 6.45) is 3.18. The van der Waals surface area contributed by atoms with Crippen molar-refractivity contribution in [1.29, 1.82) is 0 Å². The molecule has 1 fully saturated rings. The molecule has 8 heteroatoms. The first kappa shape index (κ1) is 18.6. The predicted octanol–water partition coefficient (Wildman–Crippen LogP) is 1.78. The third-order valence-corrected chi connectivity index (χ3v) is 6.23. The summed E-state index contributed by atoms with van der Waals surface area (Å²) in [5.74, 6) is 0.601. The maximum absolute atomic E-state index is 12.7. The fourth-order valence-electron chi connectivity index (χ4n) is 3.32. The minimum atomic E-state index is -3.51. The highest BCUT2D eigenvalue weighted by Gasteiger charge is 2.31. The van der Waals surface area contributed by atoms with Crippen molar-refractivity contribution < 1.29 is 8.42 Å². The molecule has 1 aromatic carbocycles. The molecule has 0 unspecified atom stereocenters. The molecule has 1 aliphatic rings. The van der Waals surface area contributed by atoms with Gasteiger partial charge in [-0.25, -0.2) is 17.9 Å². The van der Waals surface area contributed by atoms with Crippen LogP contribution in [0.4, 0.5) is 0 Å². The van der Waals surface area contributed by atoms with E-state index in [1.807, 2.05) is 37.3 Å². The molecule has 7 nitrogen and oxygen atoms in total. The highest BCUT2D eigenvalue weighted by molar-refractivity contribution is 7.92. The molecule has 0 radical (unpaired) electrons. The van der Waals surface area contributed by atoms with Crippen LogP contribution in [-0.4, -0.2) is 40.2 Å². The van der Waals surface area contributed by atoms with E-state index in [9.17, 15) is 13.2 Å². The number of hydrogen-bond acceptors (Lipinski definition) is 4. The highest BCUT2D eigenvalue weighted by atomic mass is 32.2. The molecular weight excluding hydrogens is 352 g/mol. The second kappa shape index (κ2) is 7.59. The van der Waals surface area contributed by atoms with Gasteiger partial charge in [0.15, 0.2) is 0 Å². The van der Waals surface area contributed by atoms with E-state index in [4.69, 9.17) is 0 Å². The second-order valence-corrected chi connectivity index (χ2v) is 8.28. The van der Waals surface area contributed by atoms with E-state index < -0.39 is 10.0 Å². The van der Waals surface area contributed by atoms with Crippen LogP contribution in [0.15, 0.2) is 40.5 Å². The molecule has 2 aromatic rings. The number of hydrogen-bond donors (Lipinski definition) is 0. The Labute approximate surface area is 153 Å². The zero-order valence-corrected chi connectivity index (χ0v) is 15.9. The summed E-state index contributed by atoms with van der Waals surface area (Å²) in [4.78, 5) is 12.1. The van der Waals surface area contributed by atoms with E-state index in [0.717, 1.165) is 18.4 Å². The van der Waals surface area contributed by atoms with Crippen molar-refractivity contribution in [2.75, 3.05) is 13.1 Å². The number of benzene rings is 1. The molecule has 0 amide bonds. The Hall–Kier alpha value is -2.19. The van der Waals surface area contributed by atoms with E-state index in [1.165, 1.54) is 14.4 Å². The summed E-state index contributed by atoms with van der Waals surface area (Å²) in [6, 6.07) is 9.35. The van der Waals surface area contributed by atoms with Crippen LogP contribution in [0, 0.1) is 0 Å². The van der Waals surface area contributed by atoms with Crippen molar-refractivity contribution in [3.8, 4) is 0 Å². The SMILES string of the molecule is CCn1c([C@H]2CCCN(S(=O)(=O)/C=C/c3ccccc3)C2)nn(C)c1=O. The fraction of sp³-hybridized carbons (Fsp3) is 0.444. The Balaban J connectivity index is 1.81. The highest BCUT2D eigenvalue weighted by Crippen LogP contribution is 2.27. The zero-order chi connectivity index (χ0) is 18.7. The molecule has 140 valence electrons. The van der Waals surface area contributed by atoms with Gasteiger partial charge in [-0.1, -0.05) is 30.3 Å². The van der Waals surface area contributed by atoms with Gasteiger partial charge in [-0.15, -0.1) is 0 Å². The van der Waals surface area contributed by atoms with Gasteiger partial charge in [0, 0.05) is 38.0 Å². The van der Waals surface area contributed by atoms with Crippen LogP contribution in [0.1, 0.15) is 37.1 Å². The summed E-state index contributed by atoms with van der Waals surface area (Å²) >= 11 is 0. The Morgan fingerprint density at radius 2 is 2.00 bits per heavy atom. The Bertz CT molecular complexity index is 945. The Kier molecular flexibility index (Phi) is 5.43. The van der Waals surface area contributed by atoms with Gasteiger partial charge in [-0.2, -0.15) is 9.40 Å². The van der Waals surface area contributed by atoms with Gasteiger partial charge in [-0.3, -0.25) is 4.57 Å². The van der Waals surface area contributed by atoms with Gasteiger partial charge in [0.2, 0.25) is 10.0 Å². The summed E-state index contributed by atoms with van der Waals surface area (Å²) in [5.41, 5.74) is 0.681. The van der Waals surface area contributed by atoms with Crippen LogP contribution in [-0.2, 0) is 23.6 Å². The largest absolute Gasteiger partial charge is 0.345 e. The maximum atomic E-state index is 12.7. The van der Waals surface area contributed by atoms with Crippen molar-refractivity contribution in [2.45, 2.75) is 32.2 Å². The first-order valence-electron chi connectivity index (χ1n) is 8.79. The lowest BCUT2D eigenvalue weighted by Gasteiger charge is -2.30. The molecule has 0 aliphatic carbocycles. The summed E-state index contributed by atoms with van der Waals surface area (Å²) < 4.78 is 29.8. The third kappa shape index (κ3) is 3.81. The number of aromatic nitrogens is 3. The van der Waals surface area contributed by atoms with Crippen molar-refractivity contribution in [3.05, 3.63) is 57.6 Å². The van der Waals surface area contributed by atoms with Crippen LogP contribution in [0.3, 0.4) is 0 Å². The van der Waals surface area contributed by atoms with Gasteiger partial charge >= 0.3 is 5.69 Å². The van der Waals surface area contributed by atoms with Crippen molar-refractivity contribution >= 4 is 16.1 Å². The average molecular weight is 376 g/mol. The zero-order valence-electron chi connectivity index (χ0n) is 15.1. The molecule has 0 bridgehead atoms. The number of piperidine rings is 1. The molecule has 26 heavy (non-hydrogen) atoms. The van der Waals surface area contributed by atoms with E-state index in [1.54, 1.807) is 17.7 Å². The molecular formula is C18H24N4O3S. The van der Waals surface area contributed by atoms with Gasteiger partial charge in [0.05, 0.1) is 0 Å². The number of sulfonamides is 1. The second-order valence-electron chi connectivity index (χ2n) is 6.46.